The van der Waals surface area contributed by atoms with Crippen LogP contribution in [0.25, 0.3) is 0 Å². The zero-order chi connectivity index (χ0) is 22.3. The Morgan fingerprint density at radius 1 is 1.03 bits per heavy atom. The molecule has 0 saturated heterocycles. The van der Waals surface area contributed by atoms with E-state index in [-0.39, 0.29) is 10.6 Å². The van der Waals surface area contributed by atoms with Crippen LogP contribution >= 0.6 is 0 Å². The van der Waals surface area contributed by atoms with E-state index in [1.54, 1.807) is 43.4 Å². The molecule has 2 aromatic rings. The Labute approximate surface area is 176 Å². The maximum Gasteiger partial charge on any atom is 0.387 e. The quantitative estimate of drug-likeness (QED) is 0.505. The number of benzene rings is 2. The summed E-state index contributed by atoms with van der Waals surface area (Å²) in [6.45, 7) is -1.88. The molecule has 0 heterocycles. The molecule has 7 nitrogen and oxygen atoms in total. The number of hydrogen-bond acceptors (Lipinski definition) is 4. The lowest BCUT2D eigenvalue weighted by atomic mass is 10.2. The van der Waals surface area contributed by atoms with E-state index in [2.05, 4.69) is 15.0 Å². The molecule has 2 aromatic carbocycles. The zero-order valence-electron chi connectivity index (χ0n) is 17.3. The third-order valence-corrected chi connectivity index (χ3v) is 6.12. The molecule has 0 aromatic heterocycles. The van der Waals surface area contributed by atoms with E-state index < -0.39 is 16.6 Å². The number of rotatable bonds is 8. The summed E-state index contributed by atoms with van der Waals surface area (Å²) in [6.07, 6.45) is 0. The molecule has 0 radical (unpaired) electrons. The fourth-order valence-electron chi connectivity index (χ4n) is 2.68. The largest absolute Gasteiger partial charge is 0.435 e. The molecule has 0 aliphatic carbocycles. The Morgan fingerprint density at radius 2 is 1.60 bits per heavy atom. The van der Waals surface area contributed by atoms with E-state index in [9.17, 15) is 17.2 Å². The molecule has 0 fully saturated rings. The third-order valence-electron chi connectivity index (χ3n) is 4.29. The van der Waals surface area contributed by atoms with Crippen molar-refractivity contribution in [3.8, 4) is 5.75 Å². The molecular formula is C20H26F2N4O3S. The summed E-state index contributed by atoms with van der Waals surface area (Å²) in [5, 5.41) is 3.22. The number of aliphatic imine (C=N–C) groups is 1. The van der Waals surface area contributed by atoms with E-state index in [0.717, 1.165) is 11.1 Å². The summed E-state index contributed by atoms with van der Waals surface area (Å²) >= 11 is 0. The zero-order valence-corrected chi connectivity index (χ0v) is 18.2. The molecule has 0 aliphatic heterocycles. The van der Waals surface area contributed by atoms with Gasteiger partial charge in [0.15, 0.2) is 5.96 Å². The highest BCUT2D eigenvalue weighted by atomic mass is 32.2. The minimum absolute atomic E-state index is 0.110. The summed E-state index contributed by atoms with van der Waals surface area (Å²) < 4.78 is 54.3. The van der Waals surface area contributed by atoms with E-state index in [4.69, 9.17) is 0 Å². The number of halogens is 2. The molecule has 0 aliphatic rings. The van der Waals surface area contributed by atoms with Gasteiger partial charge in [0.05, 0.1) is 4.90 Å². The normalized spacial score (nSPS) is 12.3. The first kappa shape index (κ1) is 23.6. The van der Waals surface area contributed by atoms with Crippen LogP contribution in [0.4, 0.5) is 8.78 Å². The van der Waals surface area contributed by atoms with Crippen molar-refractivity contribution in [2.75, 3.05) is 28.2 Å². The van der Waals surface area contributed by atoms with Crippen LogP contribution in [0.15, 0.2) is 58.4 Å². The van der Waals surface area contributed by atoms with Crippen molar-refractivity contribution in [2.45, 2.75) is 24.6 Å². The molecule has 0 unspecified atom stereocenters. The standard InChI is InChI=1S/C20H26F2N4O3S/c1-23-20(26(4)14-16-5-9-17(10-6-16)29-19(21)22)24-13-15-7-11-18(12-8-15)30(27,28)25(2)3/h5-12,19H,13-14H2,1-4H3,(H,23,24). The number of nitrogens with one attached hydrogen (secondary N) is 1. The van der Waals surface area contributed by atoms with Crippen molar-refractivity contribution in [1.82, 2.24) is 14.5 Å². The Kier molecular flexibility index (Phi) is 8.13. The van der Waals surface area contributed by atoms with Crippen molar-refractivity contribution in [3.05, 3.63) is 59.7 Å². The molecule has 10 heteroatoms. The molecule has 1 N–H and O–H groups in total. The number of ether oxygens (including phenoxy) is 1. The number of hydrogen-bond donors (Lipinski definition) is 1. The van der Waals surface area contributed by atoms with Gasteiger partial charge in [0.1, 0.15) is 5.75 Å². The molecule has 0 bridgehead atoms. The summed E-state index contributed by atoms with van der Waals surface area (Å²) in [6, 6.07) is 13.1. The van der Waals surface area contributed by atoms with Crippen molar-refractivity contribution in [1.29, 1.82) is 0 Å². The smallest absolute Gasteiger partial charge is 0.387 e. The van der Waals surface area contributed by atoms with Crippen LogP contribution in [0.2, 0.25) is 0 Å². The van der Waals surface area contributed by atoms with E-state index in [1.807, 2.05) is 11.9 Å². The van der Waals surface area contributed by atoms with Gasteiger partial charge >= 0.3 is 6.61 Å². The first-order valence-electron chi connectivity index (χ1n) is 9.10. The highest BCUT2D eigenvalue weighted by Gasteiger charge is 2.16. The van der Waals surface area contributed by atoms with Crippen molar-refractivity contribution < 1.29 is 21.9 Å². The Hall–Kier alpha value is -2.72. The minimum atomic E-state index is -3.46. The molecule has 30 heavy (non-hydrogen) atoms. The lowest BCUT2D eigenvalue weighted by Crippen LogP contribution is -2.38. The highest BCUT2D eigenvalue weighted by molar-refractivity contribution is 7.89. The first-order chi connectivity index (χ1) is 14.1. The molecular weight excluding hydrogens is 414 g/mol. The van der Waals surface area contributed by atoms with Crippen LogP contribution in [0.5, 0.6) is 5.75 Å². The summed E-state index contributed by atoms with van der Waals surface area (Å²) in [7, 11) is 3.03. The first-order valence-corrected chi connectivity index (χ1v) is 10.5. The highest BCUT2D eigenvalue weighted by Crippen LogP contribution is 2.16. The lowest BCUT2D eigenvalue weighted by molar-refractivity contribution is -0.0498. The van der Waals surface area contributed by atoms with Gasteiger partial charge in [0.25, 0.3) is 0 Å². The summed E-state index contributed by atoms with van der Waals surface area (Å²) in [4.78, 5) is 6.36. The number of sulfonamides is 1. The Balaban J connectivity index is 1.95. The van der Waals surface area contributed by atoms with Crippen LogP contribution in [0, 0.1) is 0 Å². The molecule has 0 amide bonds. The van der Waals surface area contributed by atoms with E-state index in [1.165, 1.54) is 30.5 Å². The average molecular weight is 441 g/mol. The van der Waals surface area contributed by atoms with E-state index >= 15 is 0 Å². The van der Waals surface area contributed by atoms with Crippen molar-refractivity contribution in [3.63, 3.8) is 0 Å². The maximum atomic E-state index is 12.2. The lowest BCUT2D eigenvalue weighted by Gasteiger charge is -2.22. The number of alkyl halides is 2. The van der Waals surface area contributed by atoms with Crippen LogP contribution in [-0.4, -0.2) is 58.4 Å². The second-order valence-corrected chi connectivity index (χ2v) is 8.86. The van der Waals surface area contributed by atoms with Gasteiger partial charge in [-0.3, -0.25) is 4.99 Å². The number of nitrogens with zero attached hydrogens (tertiary/aromatic N) is 3. The summed E-state index contributed by atoms with van der Waals surface area (Å²) in [5.74, 6) is 0.742. The van der Waals surface area contributed by atoms with Crippen molar-refractivity contribution in [2.24, 2.45) is 4.99 Å². The van der Waals surface area contributed by atoms with E-state index in [0.29, 0.717) is 19.0 Å². The average Bonchev–Trinajstić information content (AvgIpc) is 2.70. The fraction of sp³-hybridized carbons (Fsp3) is 0.350. The number of guanidine groups is 1. The van der Waals surface area contributed by atoms with Crippen LogP contribution < -0.4 is 10.1 Å². The predicted octanol–water partition coefficient (Wildman–Crippen LogP) is 2.75. The van der Waals surface area contributed by atoms with Gasteiger partial charge < -0.3 is 15.0 Å². The minimum Gasteiger partial charge on any atom is -0.435 e. The van der Waals surface area contributed by atoms with Gasteiger partial charge in [-0.15, -0.1) is 0 Å². The monoisotopic (exact) mass is 440 g/mol. The van der Waals surface area contributed by atoms with Gasteiger partial charge in [-0.05, 0) is 35.4 Å². The Morgan fingerprint density at radius 3 is 2.10 bits per heavy atom. The second-order valence-electron chi connectivity index (χ2n) is 6.71. The fourth-order valence-corrected chi connectivity index (χ4v) is 3.58. The molecule has 164 valence electrons. The molecule has 0 spiro atoms. The second kappa shape index (κ2) is 10.4. The summed E-state index contributed by atoms with van der Waals surface area (Å²) in [5.41, 5.74) is 1.80. The van der Waals surface area contributed by atoms with Gasteiger partial charge in [0, 0.05) is 41.3 Å². The SMILES string of the molecule is CN=C(NCc1ccc(S(=O)(=O)N(C)C)cc1)N(C)Cc1ccc(OC(F)F)cc1. The van der Waals surface area contributed by atoms with Crippen LogP contribution in [0.1, 0.15) is 11.1 Å². The predicted molar refractivity (Wildman–Crippen MR) is 112 cm³/mol. The van der Waals surface area contributed by atoms with Gasteiger partial charge in [-0.1, -0.05) is 24.3 Å². The van der Waals surface area contributed by atoms with Crippen molar-refractivity contribution >= 4 is 16.0 Å². The molecule has 0 atom stereocenters. The van der Waals surface area contributed by atoms with Crippen LogP contribution in [0.3, 0.4) is 0 Å². The molecule has 0 saturated carbocycles. The topological polar surface area (TPSA) is 74.2 Å². The van der Waals surface area contributed by atoms with Gasteiger partial charge in [0.2, 0.25) is 10.0 Å². The van der Waals surface area contributed by atoms with Gasteiger partial charge in [-0.2, -0.15) is 8.78 Å². The maximum absolute atomic E-state index is 12.2. The van der Waals surface area contributed by atoms with Gasteiger partial charge in [-0.25, -0.2) is 12.7 Å². The van der Waals surface area contributed by atoms with Crippen LogP contribution in [-0.2, 0) is 23.1 Å². The molecule has 2 rings (SSSR count). The Bertz CT molecular complexity index is 947. The third kappa shape index (κ3) is 6.39.